The third kappa shape index (κ3) is 3.20. The number of hydrogen-bond donors (Lipinski definition) is 1. The van der Waals surface area contributed by atoms with Crippen molar-refractivity contribution in [2.24, 2.45) is 0 Å². The summed E-state index contributed by atoms with van der Waals surface area (Å²) in [5.41, 5.74) is 0.466. The van der Waals surface area contributed by atoms with Gasteiger partial charge in [-0.15, -0.1) is 0 Å². The van der Waals surface area contributed by atoms with Crippen molar-refractivity contribution in [1.29, 1.82) is 0 Å². The molecule has 1 aromatic carbocycles. The number of amides is 1. The number of carbonyl (C=O) groups excluding carboxylic acids is 1. The fourth-order valence-electron chi connectivity index (χ4n) is 1.93. The Hall–Kier alpha value is -0.820. The molecule has 2 rings (SSSR count). The molecule has 0 spiro atoms. The monoisotopic (exact) mass is 393 g/mol. The molecule has 1 amide bonds. The molecule has 1 unspecified atom stereocenters. The summed E-state index contributed by atoms with van der Waals surface area (Å²) in [5, 5.41) is 9.60. The Bertz CT molecular complexity index is 531. The van der Waals surface area contributed by atoms with Crippen molar-refractivity contribution in [3.63, 3.8) is 0 Å². The molecule has 102 valence electrons. The zero-order chi connectivity index (χ0) is 14.2. The molecule has 1 N–H and O–H groups in total. The number of nitrogens with zero attached hydrogens (tertiary/aromatic N) is 1. The summed E-state index contributed by atoms with van der Waals surface area (Å²) in [5.74, 6) is -1.25. The minimum Gasteiger partial charge on any atom is -0.480 e. The standard InChI is InChI=1S/C13H13ClINO3/c1-7(13(18)19)16(9-3-4-9)12(17)10-6-8(14)2-5-11(10)15/h2,5-7,9H,3-4H2,1H3,(H,18,19). The maximum Gasteiger partial charge on any atom is 0.326 e. The molecule has 19 heavy (non-hydrogen) atoms. The van der Waals surface area contributed by atoms with Crippen LogP contribution in [0.3, 0.4) is 0 Å². The third-order valence-electron chi connectivity index (χ3n) is 3.11. The van der Waals surface area contributed by atoms with E-state index in [1.165, 1.54) is 11.8 Å². The number of benzene rings is 1. The Balaban J connectivity index is 2.34. The second-order valence-electron chi connectivity index (χ2n) is 4.58. The molecule has 1 aromatic rings. The minimum absolute atomic E-state index is 0.0355. The van der Waals surface area contributed by atoms with Crippen LogP contribution in [0, 0.1) is 3.57 Å². The number of carbonyl (C=O) groups is 2. The van der Waals surface area contributed by atoms with Crippen LogP contribution < -0.4 is 0 Å². The van der Waals surface area contributed by atoms with Crippen LogP contribution in [0.2, 0.25) is 5.02 Å². The summed E-state index contributed by atoms with van der Waals surface area (Å²) in [6.45, 7) is 1.54. The average molecular weight is 394 g/mol. The smallest absolute Gasteiger partial charge is 0.326 e. The lowest BCUT2D eigenvalue weighted by atomic mass is 10.1. The molecule has 4 nitrogen and oxygen atoms in total. The van der Waals surface area contributed by atoms with Crippen LogP contribution >= 0.6 is 34.2 Å². The summed E-state index contributed by atoms with van der Waals surface area (Å²) in [6.07, 6.45) is 1.72. The van der Waals surface area contributed by atoms with Gasteiger partial charge in [0.05, 0.1) is 5.56 Å². The van der Waals surface area contributed by atoms with Crippen LogP contribution in [0.15, 0.2) is 18.2 Å². The van der Waals surface area contributed by atoms with Crippen LogP contribution in [0.1, 0.15) is 30.1 Å². The first-order chi connectivity index (χ1) is 8.91. The van der Waals surface area contributed by atoms with E-state index in [9.17, 15) is 9.59 Å². The predicted molar refractivity (Wildman–Crippen MR) is 80.5 cm³/mol. The van der Waals surface area contributed by atoms with E-state index in [0.29, 0.717) is 10.6 Å². The summed E-state index contributed by atoms with van der Waals surface area (Å²) < 4.78 is 0.773. The first kappa shape index (κ1) is 14.6. The van der Waals surface area contributed by atoms with Crippen LogP contribution in [0.5, 0.6) is 0 Å². The Kier molecular flexibility index (Phi) is 4.35. The van der Waals surface area contributed by atoms with Crippen molar-refractivity contribution in [2.45, 2.75) is 31.8 Å². The Morgan fingerprint density at radius 2 is 2.11 bits per heavy atom. The molecule has 0 aromatic heterocycles. The molecule has 0 bridgehead atoms. The molecule has 1 atom stereocenters. The number of halogens is 2. The van der Waals surface area contributed by atoms with Gasteiger partial charge in [0.1, 0.15) is 6.04 Å². The van der Waals surface area contributed by atoms with E-state index in [1.54, 1.807) is 18.2 Å². The molecule has 1 saturated carbocycles. The first-order valence-electron chi connectivity index (χ1n) is 5.92. The molecule has 0 heterocycles. The van der Waals surface area contributed by atoms with Crippen LogP contribution in [-0.2, 0) is 4.79 Å². The number of rotatable bonds is 4. The van der Waals surface area contributed by atoms with Gasteiger partial charge in [-0.2, -0.15) is 0 Å². The molecular formula is C13H13ClINO3. The Labute approximate surface area is 129 Å². The van der Waals surface area contributed by atoms with Gasteiger partial charge in [0, 0.05) is 14.6 Å². The van der Waals surface area contributed by atoms with E-state index >= 15 is 0 Å². The highest BCUT2D eigenvalue weighted by molar-refractivity contribution is 14.1. The summed E-state index contributed by atoms with van der Waals surface area (Å²) in [6, 6.07) is 4.27. The SMILES string of the molecule is CC(C(=O)O)N(C(=O)c1cc(Cl)ccc1I)C1CC1. The van der Waals surface area contributed by atoms with Gasteiger partial charge >= 0.3 is 5.97 Å². The predicted octanol–water partition coefficient (Wildman–Crippen LogP) is 3.02. The summed E-state index contributed by atoms with van der Waals surface area (Å²) >= 11 is 7.97. The van der Waals surface area contributed by atoms with Gasteiger partial charge in [0.2, 0.25) is 0 Å². The fraction of sp³-hybridized carbons (Fsp3) is 0.385. The minimum atomic E-state index is -0.989. The van der Waals surface area contributed by atoms with Crippen LogP contribution in [-0.4, -0.2) is 34.0 Å². The third-order valence-corrected chi connectivity index (χ3v) is 4.28. The second kappa shape index (κ2) is 5.66. The van der Waals surface area contributed by atoms with Crippen molar-refractivity contribution in [2.75, 3.05) is 0 Å². The number of hydrogen-bond acceptors (Lipinski definition) is 2. The lowest BCUT2D eigenvalue weighted by Gasteiger charge is -2.27. The number of carboxylic acids is 1. The lowest BCUT2D eigenvalue weighted by molar-refractivity contribution is -0.141. The molecule has 0 saturated heterocycles. The highest BCUT2D eigenvalue weighted by Crippen LogP contribution is 2.31. The van der Waals surface area contributed by atoms with E-state index in [0.717, 1.165) is 16.4 Å². The van der Waals surface area contributed by atoms with Crippen molar-refractivity contribution < 1.29 is 14.7 Å². The molecule has 1 aliphatic carbocycles. The van der Waals surface area contributed by atoms with E-state index in [4.69, 9.17) is 16.7 Å². The normalized spacial score (nSPS) is 15.9. The Morgan fingerprint density at radius 3 is 2.63 bits per heavy atom. The van der Waals surface area contributed by atoms with Gasteiger partial charge in [0.25, 0.3) is 5.91 Å². The molecule has 0 radical (unpaired) electrons. The van der Waals surface area contributed by atoms with Gasteiger partial charge in [-0.1, -0.05) is 11.6 Å². The average Bonchev–Trinajstić information content (AvgIpc) is 3.16. The van der Waals surface area contributed by atoms with Gasteiger partial charge in [0.15, 0.2) is 0 Å². The number of aliphatic carboxylic acids is 1. The summed E-state index contributed by atoms with van der Waals surface area (Å²) in [7, 11) is 0. The van der Waals surface area contributed by atoms with Crippen molar-refractivity contribution in [3.05, 3.63) is 32.4 Å². The first-order valence-corrected chi connectivity index (χ1v) is 7.38. The van der Waals surface area contributed by atoms with Crippen LogP contribution in [0.4, 0.5) is 0 Å². The molecule has 0 aliphatic heterocycles. The second-order valence-corrected chi connectivity index (χ2v) is 6.18. The lowest BCUT2D eigenvalue weighted by Crippen LogP contribution is -2.45. The fourth-order valence-corrected chi connectivity index (χ4v) is 2.67. The maximum atomic E-state index is 12.5. The van der Waals surface area contributed by atoms with Gasteiger partial charge in [-0.05, 0) is 60.6 Å². The van der Waals surface area contributed by atoms with E-state index < -0.39 is 12.0 Å². The summed E-state index contributed by atoms with van der Waals surface area (Å²) in [4.78, 5) is 25.1. The quantitative estimate of drug-likeness (QED) is 0.800. The van der Waals surface area contributed by atoms with E-state index in [2.05, 4.69) is 22.6 Å². The van der Waals surface area contributed by atoms with Gasteiger partial charge in [-0.3, -0.25) is 4.79 Å². The van der Waals surface area contributed by atoms with Crippen molar-refractivity contribution in [1.82, 2.24) is 4.90 Å². The van der Waals surface area contributed by atoms with Crippen molar-refractivity contribution >= 4 is 46.1 Å². The zero-order valence-electron chi connectivity index (χ0n) is 10.3. The molecule has 1 aliphatic rings. The molecule has 1 fully saturated rings. The highest BCUT2D eigenvalue weighted by Gasteiger charge is 2.39. The highest BCUT2D eigenvalue weighted by atomic mass is 127. The molecule has 6 heteroatoms. The topological polar surface area (TPSA) is 57.6 Å². The van der Waals surface area contributed by atoms with E-state index in [1.807, 2.05) is 0 Å². The molecular weight excluding hydrogens is 381 g/mol. The Morgan fingerprint density at radius 1 is 1.47 bits per heavy atom. The number of carboxylic acid groups (broad SMARTS) is 1. The zero-order valence-corrected chi connectivity index (χ0v) is 13.2. The van der Waals surface area contributed by atoms with Crippen molar-refractivity contribution in [3.8, 4) is 0 Å². The maximum absolute atomic E-state index is 12.5. The van der Waals surface area contributed by atoms with Gasteiger partial charge < -0.3 is 10.0 Å². The van der Waals surface area contributed by atoms with Gasteiger partial charge in [-0.25, -0.2) is 4.79 Å². The van der Waals surface area contributed by atoms with Crippen LogP contribution in [0.25, 0.3) is 0 Å². The van der Waals surface area contributed by atoms with E-state index in [-0.39, 0.29) is 11.9 Å². The largest absolute Gasteiger partial charge is 0.480 e.